The van der Waals surface area contributed by atoms with Crippen LogP contribution in [0.15, 0.2) is 6.20 Å². The first-order valence-electron chi connectivity index (χ1n) is 16.1. The van der Waals surface area contributed by atoms with Gasteiger partial charge in [0.1, 0.15) is 92.0 Å². The van der Waals surface area contributed by atoms with Crippen molar-refractivity contribution in [3.63, 3.8) is 0 Å². The van der Waals surface area contributed by atoms with Crippen molar-refractivity contribution in [3.05, 3.63) is 11.9 Å². The molecule has 0 unspecified atom stereocenters. The predicted molar refractivity (Wildman–Crippen MR) is 160 cm³/mol. The van der Waals surface area contributed by atoms with E-state index in [1.807, 2.05) is 0 Å². The number of carboxylic acid groups (broad SMARTS) is 1. The van der Waals surface area contributed by atoms with Crippen LogP contribution in [0.5, 0.6) is 0 Å². The molecule has 4 rings (SSSR count). The molecule has 54 heavy (non-hydrogen) atoms. The summed E-state index contributed by atoms with van der Waals surface area (Å²) in [5.41, 5.74) is 0.0778. The second kappa shape index (κ2) is 20.4. The molecule has 1 aromatic heterocycles. The van der Waals surface area contributed by atoms with Crippen molar-refractivity contribution in [1.82, 2.24) is 20.3 Å². The monoisotopic (exact) mass is 790 g/mol. The summed E-state index contributed by atoms with van der Waals surface area (Å²) in [7, 11) is 0. The van der Waals surface area contributed by atoms with E-state index < -0.39 is 142 Å². The van der Waals surface area contributed by atoms with Crippen LogP contribution in [0.25, 0.3) is 0 Å². The number of carbonyl (C=O) groups excluding carboxylic acids is 2. The van der Waals surface area contributed by atoms with Crippen LogP contribution in [0.1, 0.15) is 12.1 Å². The average molecular weight is 791 g/mol. The summed E-state index contributed by atoms with van der Waals surface area (Å²) in [6.07, 6.45) is -19.1. The molecule has 0 saturated carbocycles. The van der Waals surface area contributed by atoms with Crippen LogP contribution in [-0.2, 0) is 51.2 Å². The van der Waals surface area contributed by atoms with E-state index in [-0.39, 0.29) is 48.5 Å². The second-order valence-corrected chi connectivity index (χ2v) is 12.5. The summed E-state index contributed by atoms with van der Waals surface area (Å²) in [5.74, 6) is -3.89. The molecule has 300 valence electrons. The molecule has 24 nitrogen and oxygen atoms in total. The Bertz CT molecular complexity index is 1410. The van der Waals surface area contributed by atoms with E-state index in [9.17, 15) is 70.9 Å². The van der Waals surface area contributed by atoms with Gasteiger partial charge in [-0.25, -0.2) is 4.68 Å². The van der Waals surface area contributed by atoms with Crippen molar-refractivity contribution < 1.29 is 129 Å². The molecule has 1 aromatic rings. The number of rotatable bonds is 16. The molecule has 12 N–H and O–H groups in total. The maximum Gasteiger partial charge on any atom is 1.00 e. The summed E-state index contributed by atoms with van der Waals surface area (Å²) in [6.45, 7) is -4.06. The van der Waals surface area contributed by atoms with Crippen molar-refractivity contribution >= 4 is 11.9 Å². The maximum absolute atomic E-state index is 13.1. The number of aliphatic hydroxyl groups excluding tert-OH is 11. The fourth-order valence-corrected chi connectivity index (χ4v) is 5.81. The first-order valence-corrected chi connectivity index (χ1v) is 16.1. The summed E-state index contributed by atoms with van der Waals surface area (Å²) in [6, 6.07) is -1.68. The molecule has 4 heterocycles. The number of aliphatic hydroxyl groups is 11. The van der Waals surface area contributed by atoms with Gasteiger partial charge in [0.15, 0.2) is 12.6 Å². The Morgan fingerprint density at radius 1 is 1.00 bits per heavy atom. The molecule has 0 bridgehead atoms. The number of aliphatic carboxylic acids is 1. The van der Waals surface area contributed by atoms with Crippen LogP contribution < -0.4 is 40.0 Å². The standard InChI is InChI=1S/C29H44N4O20.Na/c1-2-3-48-26-23(44)22(43)20(41)15(52-26)10-50-29(28(46)47)4-12(36)17(25(53-29)18(39)13(37)7-34)30-16(38)6-33-5-11(31-32-33)9-49-27-24(45)21(42)19(40)14(8-35)51-27;/h1,5,12-15,17-27,34-37,39-45H,3-4,6-10H2,(H,30,38)(H,46,47);/q;+1/p-1/t12-,13+,14+,15+,17+,18+,19-,20-,21-,22-,23+,24+,25+,26+,27+,29+;/m0./s1. The number of nitrogens with one attached hydrogen (secondary N) is 1. The van der Waals surface area contributed by atoms with Crippen molar-refractivity contribution in [1.29, 1.82) is 0 Å². The topological polar surface area (TPSA) is 378 Å². The van der Waals surface area contributed by atoms with Crippen molar-refractivity contribution in [2.75, 3.05) is 26.4 Å². The molecule has 0 aliphatic carbocycles. The Hall–Kier alpha value is -2.04. The molecular formula is C29H43N4NaO20. The van der Waals surface area contributed by atoms with E-state index in [0.717, 1.165) is 4.68 Å². The molecule has 0 spiro atoms. The molecule has 0 radical (unpaired) electrons. The largest absolute Gasteiger partial charge is 1.00 e. The van der Waals surface area contributed by atoms with Gasteiger partial charge in [-0.2, -0.15) is 0 Å². The van der Waals surface area contributed by atoms with Crippen molar-refractivity contribution in [3.8, 4) is 12.3 Å². The third-order valence-electron chi connectivity index (χ3n) is 8.75. The third kappa shape index (κ3) is 10.7. The zero-order chi connectivity index (χ0) is 39.2. The summed E-state index contributed by atoms with van der Waals surface area (Å²) < 4.78 is 33.0. The zero-order valence-electron chi connectivity index (χ0n) is 28.7. The summed E-state index contributed by atoms with van der Waals surface area (Å²) >= 11 is 0. The zero-order valence-corrected chi connectivity index (χ0v) is 30.7. The van der Waals surface area contributed by atoms with Gasteiger partial charge in [0.05, 0.1) is 44.8 Å². The molecule has 3 aliphatic rings. The second-order valence-electron chi connectivity index (χ2n) is 12.5. The number of amides is 1. The minimum atomic E-state index is -2.96. The fraction of sp³-hybridized carbons (Fsp3) is 0.793. The van der Waals surface area contributed by atoms with Crippen LogP contribution in [0, 0.1) is 12.3 Å². The molecule has 1 amide bonds. The summed E-state index contributed by atoms with van der Waals surface area (Å²) in [4.78, 5) is 25.5. The number of carboxylic acids is 1. The Morgan fingerprint density at radius 3 is 2.20 bits per heavy atom. The number of hydrogen-bond donors (Lipinski definition) is 12. The maximum atomic E-state index is 13.1. The number of ether oxygens (including phenoxy) is 6. The smallest absolute Gasteiger partial charge is 0.544 e. The van der Waals surface area contributed by atoms with E-state index in [0.29, 0.717) is 0 Å². The Kier molecular flexibility index (Phi) is 17.5. The number of aromatic nitrogens is 3. The number of terminal acetylenes is 1. The minimum Gasteiger partial charge on any atom is -0.544 e. The van der Waals surface area contributed by atoms with E-state index in [2.05, 4.69) is 21.5 Å². The van der Waals surface area contributed by atoms with Gasteiger partial charge in [-0.1, -0.05) is 11.1 Å². The summed E-state index contributed by atoms with van der Waals surface area (Å²) in [5, 5.41) is 134. The van der Waals surface area contributed by atoms with E-state index >= 15 is 0 Å². The predicted octanol–water partition coefficient (Wildman–Crippen LogP) is -13.1. The molecule has 25 heteroatoms. The first kappa shape index (κ1) is 46.3. The fourth-order valence-electron chi connectivity index (χ4n) is 5.81. The average Bonchev–Trinajstić information content (AvgIpc) is 3.58. The van der Waals surface area contributed by atoms with E-state index in [1.165, 1.54) is 6.20 Å². The van der Waals surface area contributed by atoms with E-state index in [4.69, 9.17) is 34.8 Å². The Morgan fingerprint density at radius 2 is 1.61 bits per heavy atom. The first-order chi connectivity index (χ1) is 25.1. The SMILES string of the molecule is C#CCO[C@@H]1O[C@H](CO[C@]2(C(=O)[O-])C[C@H](O)[C@@H](NC(=O)Cn3cc(CO[C@@H]4O[C@H](CO)[C@H](O)[C@H](O)[C@H]4O)nn3)[C@H]([C@H](O)[C@H](O)CO)O2)[C@H](O)[C@H](O)[C@H]1O.[Na+]. The quantitative estimate of drug-likeness (QED) is 0.0546. The number of carbonyl (C=O) groups is 2. The normalized spacial score (nSPS) is 38.1. The van der Waals surface area contributed by atoms with Gasteiger partial charge < -0.3 is 99.8 Å². The van der Waals surface area contributed by atoms with Crippen LogP contribution in [0.4, 0.5) is 0 Å². The van der Waals surface area contributed by atoms with Crippen molar-refractivity contribution in [2.24, 2.45) is 0 Å². The van der Waals surface area contributed by atoms with Gasteiger partial charge in [0.25, 0.3) is 0 Å². The van der Waals surface area contributed by atoms with Gasteiger partial charge in [-0.15, -0.1) is 11.5 Å². The van der Waals surface area contributed by atoms with Crippen LogP contribution >= 0.6 is 0 Å². The van der Waals surface area contributed by atoms with Crippen LogP contribution in [0.3, 0.4) is 0 Å². The minimum absolute atomic E-state index is 0. The number of hydrogen-bond acceptors (Lipinski definition) is 22. The van der Waals surface area contributed by atoms with Gasteiger partial charge >= 0.3 is 29.6 Å². The van der Waals surface area contributed by atoms with Crippen molar-refractivity contribution in [2.45, 2.75) is 117 Å². The van der Waals surface area contributed by atoms with Gasteiger partial charge in [-0.3, -0.25) is 4.79 Å². The Labute approximate surface area is 328 Å². The van der Waals surface area contributed by atoms with Crippen LogP contribution in [-0.4, -0.2) is 207 Å². The van der Waals surface area contributed by atoms with Gasteiger partial charge in [0.2, 0.25) is 11.7 Å². The molecule has 3 fully saturated rings. The molecule has 3 aliphatic heterocycles. The van der Waals surface area contributed by atoms with Crippen LogP contribution in [0.2, 0.25) is 0 Å². The van der Waals surface area contributed by atoms with Gasteiger partial charge in [-0.05, 0) is 0 Å². The molecule has 0 aromatic carbocycles. The molecule has 16 atom stereocenters. The van der Waals surface area contributed by atoms with E-state index in [1.54, 1.807) is 0 Å². The number of nitrogens with zero attached hydrogens (tertiary/aromatic N) is 3. The molecular weight excluding hydrogens is 747 g/mol. The Balaban J connectivity index is 0.00000784. The molecule has 3 saturated heterocycles. The third-order valence-corrected chi connectivity index (χ3v) is 8.75. The van der Waals surface area contributed by atoms with Gasteiger partial charge in [0, 0.05) is 6.42 Å².